The zero-order valence-electron chi connectivity index (χ0n) is 17.0. The van der Waals surface area contributed by atoms with Gasteiger partial charge < -0.3 is 9.88 Å². The summed E-state index contributed by atoms with van der Waals surface area (Å²) in [5.74, 6) is -0.0549. The molecule has 5 heteroatoms. The van der Waals surface area contributed by atoms with Crippen LogP contribution in [-0.2, 0) is 4.79 Å². The second-order valence-electron chi connectivity index (χ2n) is 7.55. The molecule has 148 valence electrons. The maximum Gasteiger partial charge on any atom is 0.247 e. The molecule has 2 heterocycles. The predicted molar refractivity (Wildman–Crippen MR) is 122 cm³/mol. The van der Waals surface area contributed by atoms with Crippen LogP contribution in [0.4, 0.5) is 5.69 Å². The zero-order chi connectivity index (χ0) is 20.7. The Hall–Kier alpha value is -3.73. The van der Waals surface area contributed by atoms with Crippen molar-refractivity contribution in [1.82, 2.24) is 14.5 Å². The molecule has 5 nitrogen and oxygen atoms in total. The Morgan fingerprint density at radius 2 is 1.70 bits per heavy atom. The molecule has 0 saturated carbocycles. The fraction of sp³-hybridized carbons (Fsp3) is 0.160. The molecule has 1 atom stereocenters. The molecule has 1 unspecified atom stereocenters. The Labute approximate surface area is 174 Å². The Morgan fingerprint density at radius 3 is 2.47 bits per heavy atom. The first-order valence-electron chi connectivity index (χ1n) is 10.2. The van der Waals surface area contributed by atoms with E-state index in [2.05, 4.69) is 5.32 Å². The van der Waals surface area contributed by atoms with Gasteiger partial charge in [0.15, 0.2) is 5.65 Å². The molecule has 2 aromatic heterocycles. The van der Waals surface area contributed by atoms with E-state index in [1.165, 1.54) is 0 Å². The lowest BCUT2D eigenvalue weighted by Crippen LogP contribution is -2.25. The molecule has 1 N–H and O–H groups in total. The van der Waals surface area contributed by atoms with Crippen molar-refractivity contribution in [1.29, 1.82) is 0 Å². The number of amides is 1. The number of benzene rings is 3. The average Bonchev–Trinajstić information content (AvgIpc) is 3.06. The van der Waals surface area contributed by atoms with Crippen LogP contribution in [0.5, 0.6) is 0 Å². The molecule has 30 heavy (non-hydrogen) atoms. The van der Waals surface area contributed by atoms with Crippen LogP contribution in [0.25, 0.3) is 33.1 Å². The Morgan fingerprint density at radius 1 is 0.967 bits per heavy atom. The van der Waals surface area contributed by atoms with Crippen LogP contribution in [0.2, 0.25) is 0 Å². The molecule has 0 aliphatic carbocycles. The van der Waals surface area contributed by atoms with Crippen molar-refractivity contribution in [2.24, 2.45) is 0 Å². The van der Waals surface area contributed by atoms with E-state index in [0.29, 0.717) is 6.42 Å². The van der Waals surface area contributed by atoms with Crippen molar-refractivity contribution in [3.05, 3.63) is 78.4 Å². The number of hydrogen-bond donors (Lipinski definition) is 1. The van der Waals surface area contributed by atoms with E-state index in [4.69, 9.17) is 9.97 Å². The van der Waals surface area contributed by atoms with Gasteiger partial charge in [-0.25, -0.2) is 9.97 Å². The third kappa shape index (κ3) is 2.99. The molecule has 0 bridgehead atoms. The topological polar surface area (TPSA) is 59.8 Å². The third-order valence-electron chi connectivity index (χ3n) is 5.49. The highest BCUT2D eigenvalue weighted by molar-refractivity contribution is 6.08. The lowest BCUT2D eigenvalue weighted by Gasteiger charge is -2.19. The summed E-state index contributed by atoms with van der Waals surface area (Å²) in [5, 5.41) is 4.09. The van der Waals surface area contributed by atoms with Gasteiger partial charge in [0.2, 0.25) is 5.91 Å². The number of hydrogen-bond acceptors (Lipinski definition) is 3. The van der Waals surface area contributed by atoms with E-state index >= 15 is 0 Å². The van der Waals surface area contributed by atoms with Gasteiger partial charge in [-0.05, 0) is 49.2 Å². The van der Waals surface area contributed by atoms with Gasteiger partial charge >= 0.3 is 0 Å². The van der Waals surface area contributed by atoms with E-state index in [1.807, 2.05) is 91.2 Å². The number of anilines is 1. The maximum absolute atomic E-state index is 13.3. The van der Waals surface area contributed by atoms with Gasteiger partial charge in [-0.2, -0.15) is 0 Å². The molecule has 1 amide bonds. The van der Waals surface area contributed by atoms with Crippen LogP contribution >= 0.6 is 0 Å². The largest absolute Gasteiger partial charge is 0.324 e. The van der Waals surface area contributed by atoms with E-state index in [0.717, 1.165) is 44.4 Å². The van der Waals surface area contributed by atoms with Crippen molar-refractivity contribution in [2.75, 3.05) is 5.32 Å². The predicted octanol–water partition coefficient (Wildman–Crippen LogP) is 5.64. The van der Waals surface area contributed by atoms with E-state index in [1.54, 1.807) is 0 Å². The van der Waals surface area contributed by atoms with Gasteiger partial charge in [-0.1, -0.05) is 49.4 Å². The number of nitrogens with zero attached hydrogens (tertiary/aromatic N) is 3. The Balaban J connectivity index is 1.70. The summed E-state index contributed by atoms with van der Waals surface area (Å²) in [5.41, 5.74) is 6.11. The second kappa shape index (κ2) is 7.26. The Kier molecular flexibility index (Phi) is 4.43. The number of rotatable bonds is 4. The fourth-order valence-corrected chi connectivity index (χ4v) is 4.09. The smallest absolute Gasteiger partial charge is 0.247 e. The normalized spacial score (nSPS) is 12.5. The van der Waals surface area contributed by atoms with Crippen LogP contribution < -0.4 is 5.32 Å². The van der Waals surface area contributed by atoms with Gasteiger partial charge in [0, 0.05) is 11.1 Å². The van der Waals surface area contributed by atoms with Crippen LogP contribution in [0.3, 0.4) is 0 Å². The van der Waals surface area contributed by atoms with E-state index < -0.39 is 6.04 Å². The molecular weight excluding hydrogens is 372 g/mol. The molecule has 0 aliphatic rings. The zero-order valence-corrected chi connectivity index (χ0v) is 17.0. The lowest BCUT2D eigenvalue weighted by atomic mass is 10.1. The van der Waals surface area contributed by atoms with Crippen molar-refractivity contribution < 1.29 is 4.79 Å². The summed E-state index contributed by atoms with van der Waals surface area (Å²) in [6.07, 6.45) is 0.639. The van der Waals surface area contributed by atoms with E-state index in [9.17, 15) is 4.79 Å². The molecule has 0 radical (unpaired) electrons. The van der Waals surface area contributed by atoms with Crippen LogP contribution in [0.15, 0.2) is 72.8 Å². The van der Waals surface area contributed by atoms with Crippen molar-refractivity contribution in [3.8, 4) is 0 Å². The van der Waals surface area contributed by atoms with Crippen LogP contribution in [0.1, 0.15) is 24.9 Å². The van der Waals surface area contributed by atoms with Crippen molar-refractivity contribution >= 4 is 44.7 Å². The number of fused-ring (bicyclic) bond motifs is 4. The highest BCUT2D eigenvalue weighted by Gasteiger charge is 2.25. The van der Waals surface area contributed by atoms with Gasteiger partial charge in [0.1, 0.15) is 11.6 Å². The number of carbonyl (C=O) groups is 1. The molecule has 5 rings (SSSR count). The first-order chi connectivity index (χ1) is 14.7. The summed E-state index contributed by atoms with van der Waals surface area (Å²) in [4.78, 5) is 23.1. The standard InChI is InChI=1S/C25H22N4O/c1-3-21(25(30)26-17-10-8-9-16(2)15-17)29-22-14-7-4-11-18(22)23-24(29)28-20-13-6-5-12-19(20)27-23/h4-15,21H,3H2,1-2H3,(H,26,30). The minimum atomic E-state index is -0.400. The minimum Gasteiger partial charge on any atom is -0.324 e. The number of aromatic nitrogens is 3. The number of carbonyl (C=O) groups excluding carboxylic acids is 1. The van der Waals surface area contributed by atoms with Crippen LogP contribution in [-0.4, -0.2) is 20.4 Å². The first kappa shape index (κ1) is 18.3. The summed E-state index contributed by atoms with van der Waals surface area (Å²) in [7, 11) is 0. The SMILES string of the molecule is CCC(C(=O)Nc1cccc(C)c1)n1c2ccccc2c2nc3ccccc3nc21. The third-order valence-corrected chi connectivity index (χ3v) is 5.49. The van der Waals surface area contributed by atoms with Gasteiger partial charge in [-0.15, -0.1) is 0 Å². The van der Waals surface area contributed by atoms with Gasteiger partial charge in [0.05, 0.1) is 16.6 Å². The first-order valence-corrected chi connectivity index (χ1v) is 10.2. The highest BCUT2D eigenvalue weighted by atomic mass is 16.2. The summed E-state index contributed by atoms with van der Waals surface area (Å²) >= 11 is 0. The van der Waals surface area contributed by atoms with Gasteiger partial charge in [0.25, 0.3) is 0 Å². The minimum absolute atomic E-state index is 0.0549. The molecular formula is C25H22N4O. The molecule has 0 fully saturated rings. The quantitative estimate of drug-likeness (QED) is 0.429. The average molecular weight is 394 g/mol. The summed E-state index contributed by atoms with van der Waals surface area (Å²) in [6.45, 7) is 4.04. The number of nitrogens with one attached hydrogen (secondary N) is 1. The fourth-order valence-electron chi connectivity index (χ4n) is 4.09. The molecule has 3 aromatic carbocycles. The Bertz CT molecular complexity index is 1400. The maximum atomic E-state index is 13.3. The molecule has 0 aliphatic heterocycles. The molecule has 0 spiro atoms. The number of aryl methyl sites for hydroxylation is 1. The summed E-state index contributed by atoms with van der Waals surface area (Å²) in [6, 6.07) is 23.4. The van der Waals surface area contributed by atoms with Crippen LogP contribution in [0, 0.1) is 6.92 Å². The van der Waals surface area contributed by atoms with Gasteiger partial charge in [-0.3, -0.25) is 4.79 Å². The summed E-state index contributed by atoms with van der Waals surface area (Å²) < 4.78 is 2.04. The van der Waals surface area contributed by atoms with Crippen molar-refractivity contribution in [2.45, 2.75) is 26.3 Å². The second-order valence-corrected chi connectivity index (χ2v) is 7.55. The van der Waals surface area contributed by atoms with E-state index in [-0.39, 0.29) is 5.91 Å². The number of para-hydroxylation sites is 3. The van der Waals surface area contributed by atoms with Crippen molar-refractivity contribution in [3.63, 3.8) is 0 Å². The monoisotopic (exact) mass is 394 g/mol. The highest BCUT2D eigenvalue weighted by Crippen LogP contribution is 2.32. The molecule has 0 saturated heterocycles. The lowest BCUT2D eigenvalue weighted by molar-refractivity contribution is -0.119. The molecule has 5 aromatic rings.